The number of fused-ring (bicyclic) bond motifs is 1. The minimum atomic E-state index is -0.378. The Hall–Kier alpha value is -2.36. The van der Waals surface area contributed by atoms with Gasteiger partial charge in [-0.1, -0.05) is 30.3 Å². The Morgan fingerprint density at radius 3 is 2.72 bits per heavy atom. The fourth-order valence-corrected chi connectivity index (χ4v) is 2.48. The topological polar surface area (TPSA) is 54.9 Å². The second kappa shape index (κ2) is 3.84. The molecule has 1 aliphatic carbocycles. The molecule has 0 bridgehead atoms. The average Bonchev–Trinajstić information content (AvgIpc) is 2.66. The average molecular weight is 240 g/mol. The molecule has 1 atom stereocenters. The van der Waals surface area contributed by atoms with Crippen molar-refractivity contribution in [2.75, 3.05) is 0 Å². The van der Waals surface area contributed by atoms with E-state index in [9.17, 15) is 9.59 Å². The van der Waals surface area contributed by atoms with E-state index in [0.29, 0.717) is 0 Å². The molecule has 1 heterocycles. The molecule has 18 heavy (non-hydrogen) atoms. The van der Waals surface area contributed by atoms with Crippen LogP contribution in [0.15, 0.2) is 51.7 Å². The summed E-state index contributed by atoms with van der Waals surface area (Å²) in [7, 11) is 0. The Morgan fingerprint density at radius 1 is 1.17 bits per heavy atom. The van der Waals surface area contributed by atoms with Crippen molar-refractivity contribution in [3.05, 3.63) is 74.1 Å². The highest BCUT2D eigenvalue weighted by Crippen LogP contribution is 2.35. The summed E-state index contributed by atoms with van der Waals surface area (Å²) < 4.78 is 1.26. The van der Waals surface area contributed by atoms with Crippen LogP contribution in [0.5, 0.6) is 0 Å². The van der Waals surface area contributed by atoms with E-state index in [0.717, 1.165) is 16.7 Å². The molecule has 0 radical (unpaired) electrons. The summed E-state index contributed by atoms with van der Waals surface area (Å²) in [5.41, 5.74) is 2.39. The maximum Gasteiger partial charge on any atom is 0.329 e. The van der Waals surface area contributed by atoms with Gasteiger partial charge in [0.2, 0.25) is 0 Å². The first-order valence-electron chi connectivity index (χ1n) is 5.76. The number of aromatic nitrogens is 2. The van der Waals surface area contributed by atoms with Crippen LogP contribution in [0.1, 0.15) is 24.1 Å². The van der Waals surface area contributed by atoms with Crippen molar-refractivity contribution >= 4 is 6.08 Å². The van der Waals surface area contributed by atoms with Gasteiger partial charge in [0.1, 0.15) is 0 Å². The molecule has 0 spiro atoms. The number of aromatic amines is 1. The Labute approximate surface area is 103 Å². The van der Waals surface area contributed by atoms with Gasteiger partial charge >= 0.3 is 5.69 Å². The van der Waals surface area contributed by atoms with E-state index < -0.39 is 0 Å². The zero-order valence-corrected chi connectivity index (χ0v) is 9.88. The maximum atomic E-state index is 11.9. The lowest BCUT2D eigenvalue weighted by Gasteiger charge is -2.16. The number of hydrogen-bond acceptors (Lipinski definition) is 2. The molecule has 3 rings (SSSR count). The second-order valence-electron chi connectivity index (χ2n) is 4.41. The highest BCUT2D eigenvalue weighted by atomic mass is 16.2. The van der Waals surface area contributed by atoms with E-state index in [-0.39, 0.29) is 17.3 Å². The Bertz CT molecular complexity index is 724. The smallest absolute Gasteiger partial charge is 0.314 e. The fraction of sp³-hybridized carbons (Fsp3) is 0.143. The largest absolute Gasteiger partial charge is 0.329 e. The van der Waals surface area contributed by atoms with Gasteiger partial charge in [-0.05, 0) is 23.6 Å². The monoisotopic (exact) mass is 240 g/mol. The van der Waals surface area contributed by atoms with Gasteiger partial charge in [0.25, 0.3) is 5.56 Å². The number of rotatable bonds is 1. The van der Waals surface area contributed by atoms with Crippen molar-refractivity contribution in [3.63, 3.8) is 0 Å². The van der Waals surface area contributed by atoms with E-state index in [1.165, 1.54) is 16.8 Å². The third kappa shape index (κ3) is 1.46. The summed E-state index contributed by atoms with van der Waals surface area (Å²) in [5, 5.41) is 0. The molecule has 1 aromatic carbocycles. The number of nitrogens with one attached hydrogen (secondary N) is 1. The van der Waals surface area contributed by atoms with Gasteiger partial charge in [0.15, 0.2) is 0 Å². The molecule has 0 saturated heterocycles. The van der Waals surface area contributed by atoms with E-state index in [4.69, 9.17) is 0 Å². The number of H-pyrrole nitrogens is 1. The van der Waals surface area contributed by atoms with Crippen LogP contribution < -0.4 is 11.2 Å². The summed E-state index contributed by atoms with van der Waals surface area (Å²) in [6.07, 6.45) is 3.39. The lowest BCUT2D eigenvalue weighted by molar-refractivity contribution is 0.608. The Morgan fingerprint density at radius 2 is 1.94 bits per heavy atom. The molecule has 0 saturated carbocycles. The Balaban J connectivity index is 2.29. The molecule has 0 aliphatic heterocycles. The molecule has 0 amide bonds. The summed E-state index contributed by atoms with van der Waals surface area (Å²) in [6, 6.07) is 8.88. The summed E-state index contributed by atoms with van der Waals surface area (Å²) in [6.45, 7) is 1.93. The molecule has 4 heteroatoms. The van der Waals surface area contributed by atoms with Crippen LogP contribution in [-0.2, 0) is 0 Å². The molecule has 4 nitrogen and oxygen atoms in total. The zero-order chi connectivity index (χ0) is 12.7. The quantitative estimate of drug-likeness (QED) is 0.822. The van der Waals surface area contributed by atoms with E-state index in [1.54, 1.807) is 0 Å². The van der Waals surface area contributed by atoms with Gasteiger partial charge in [-0.2, -0.15) is 0 Å². The maximum absolute atomic E-state index is 11.9. The normalized spacial score (nSPS) is 17.4. The highest BCUT2D eigenvalue weighted by Gasteiger charge is 2.25. The summed E-state index contributed by atoms with van der Waals surface area (Å²) in [5.74, 6) is 0. The van der Waals surface area contributed by atoms with Crippen molar-refractivity contribution in [2.24, 2.45) is 0 Å². The van der Waals surface area contributed by atoms with Gasteiger partial charge in [-0.15, -0.1) is 0 Å². The van der Waals surface area contributed by atoms with Gasteiger partial charge in [0, 0.05) is 12.3 Å². The van der Waals surface area contributed by atoms with Gasteiger partial charge in [-0.25, -0.2) is 9.36 Å². The molecule has 1 N–H and O–H groups in total. The summed E-state index contributed by atoms with van der Waals surface area (Å²) in [4.78, 5) is 26.3. The first kappa shape index (κ1) is 10.8. The SMILES string of the molecule is CC1=Cc2ccccc2C1n1c(=O)cc[nH]c1=O. The van der Waals surface area contributed by atoms with Crippen LogP contribution >= 0.6 is 0 Å². The molecule has 0 fully saturated rings. The third-order valence-corrected chi connectivity index (χ3v) is 3.25. The van der Waals surface area contributed by atoms with Gasteiger partial charge in [0.05, 0.1) is 6.04 Å². The number of hydrogen-bond donors (Lipinski definition) is 1. The minimum absolute atomic E-state index is 0.284. The fourth-order valence-electron chi connectivity index (χ4n) is 2.48. The van der Waals surface area contributed by atoms with Crippen LogP contribution in [0.25, 0.3) is 6.08 Å². The van der Waals surface area contributed by atoms with Gasteiger partial charge in [-0.3, -0.25) is 4.79 Å². The van der Waals surface area contributed by atoms with Crippen LogP contribution in [0, 0.1) is 0 Å². The first-order valence-corrected chi connectivity index (χ1v) is 5.76. The highest BCUT2D eigenvalue weighted by molar-refractivity contribution is 5.65. The van der Waals surface area contributed by atoms with Crippen molar-refractivity contribution < 1.29 is 0 Å². The van der Waals surface area contributed by atoms with Crippen LogP contribution in [-0.4, -0.2) is 9.55 Å². The van der Waals surface area contributed by atoms with Crippen molar-refractivity contribution in [1.82, 2.24) is 9.55 Å². The van der Waals surface area contributed by atoms with Crippen LogP contribution in [0.2, 0.25) is 0 Å². The molecule has 1 aliphatic rings. The van der Waals surface area contributed by atoms with E-state index in [1.807, 2.05) is 37.3 Å². The molecule has 1 aromatic heterocycles. The zero-order valence-electron chi connectivity index (χ0n) is 9.88. The predicted molar refractivity (Wildman–Crippen MR) is 69.6 cm³/mol. The van der Waals surface area contributed by atoms with Crippen molar-refractivity contribution in [2.45, 2.75) is 13.0 Å². The second-order valence-corrected chi connectivity index (χ2v) is 4.41. The molecular weight excluding hydrogens is 228 g/mol. The standard InChI is InChI=1S/C14H12N2O2/c1-9-8-10-4-2-3-5-11(10)13(9)16-12(17)6-7-15-14(16)18/h2-8,13H,1H3,(H,15,18). The lowest BCUT2D eigenvalue weighted by Crippen LogP contribution is -2.37. The van der Waals surface area contributed by atoms with Crippen molar-refractivity contribution in [1.29, 1.82) is 0 Å². The third-order valence-electron chi connectivity index (χ3n) is 3.25. The predicted octanol–water partition coefficient (Wildman–Crippen LogP) is 1.54. The van der Waals surface area contributed by atoms with E-state index >= 15 is 0 Å². The lowest BCUT2D eigenvalue weighted by atomic mass is 10.0. The first-order chi connectivity index (χ1) is 8.68. The van der Waals surface area contributed by atoms with Crippen LogP contribution in [0.4, 0.5) is 0 Å². The molecule has 1 unspecified atom stereocenters. The van der Waals surface area contributed by atoms with Crippen molar-refractivity contribution in [3.8, 4) is 0 Å². The number of allylic oxidation sites excluding steroid dienone is 1. The summed E-state index contributed by atoms with van der Waals surface area (Å²) >= 11 is 0. The molecular formula is C14H12N2O2. The number of nitrogens with zero attached hydrogens (tertiary/aromatic N) is 1. The van der Waals surface area contributed by atoms with Crippen LogP contribution in [0.3, 0.4) is 0 Å². The molecule has 2 aromatic rings. The Kier molecular flexibility index (Phi) is 2.30. The molecule has 90 valence electrons. The number of benzene rings is 1. The van der Waals surface area contributed by atoms with E-state index in [2.05, 4.69) is 4.98 Å². The minimum Gasteiger partial charge on any atom is -0.314 e. The van der Waals surface area contributed by atoms with Gasteiger partial charge < -0.3 is 4.98 Å².